The Morgan fingerprint density at radius 1 is 0.919 bits per heavy atom. The van der Waals surface area contributed by atoms with Crippen molar-refractivity contribution in [2.45, 2.75) is 26.6 Å². The number of benzene rings is 3. The second-order valence-electron chi connectivity index (χ2n) is 8.95. The van der Waals surface area contributed by atoms with Crippen molar-refractivity contribution in [1.82, 2.24) is 19.4 Å². The van der Waals surface area contributed by atoms with Crippen LogP contribution in [0.3, 0.4) is 0 Å². The molecular formula is C29H28N4O4. The van der Waals surface area contributed by atoms with Crippen molar-refractivity contribution in [3.8, 4) is 11.5 Å². The first-order valence-corrected chi connectivity index (χ1v) is 12.0. The monoisotopic (exact) mass is 496 g/mol. The molecule has 0 unspecified atom stereocenters. The summed E-state index contributed by atoms with van der Waals surface area (Å²) in [4.78, 5) is 31.4. The number of aromatic nitrogens is 3. The van der Waals surface area contributed by atoms with E-state index in [1.54, 1.807) is 29.7 Å². The van der Waals surface area contributed by atoms with Gasteiger partial charge in [0.05, 0.1) is 32.6 Å². The molecule has 0 atom stereocenters. The number of nitrogens with one attached hydrogen (secondary N) is 1. The van der Waals surface area contributed by atoms with Crippen LogP contribution < -0.4 is 20.3 Å². The Bertz CT molecular complexity index is 1630. The number of carbonyl (C=O) groups excluding carboxylic acids is 1. The fourth-order valence-electron chi connectivity index (χ4n) is 4.46. The molecule has 0 saturated carbocycles. The zero-order valence-electron chi connectivity index (χ0n) is 21.0. The number of amides is 1. The molecule has 5 aromatic rings. The molecule has 0 saturated heterocycles. The summed E-state index contributed by atoms with van der Waals surface area (Å²) in [7, 11) is 3.23. The van der Waals surface area contributed by atoms with Gasteiger partial charge in [-0.05, 0) is 54.4 Å². The minimum absolute atomic E-state index is 0.00266. The second-order valence-corrected chi connectivity index (χ2v) is 8.95. The number of hydrogen-bond donors (Lipinski definition) is 1. The van der Waals surface area contributed by atoms with E-state index < -0.39 is 0 Å². The molecule has 0 bridgehead atoms. The van der Waals surface area contributed by atoms with E-state index in [0.29, 0.717) is 24.1 Å². The lowest BCUT2D eigenvalue weighted by molar-refractivity contribution is -0.121. The van der Waals surface area contributed by atoms with Crippen molar-refractivity contribution >= 4 is 27.8 Å². The van der Waals surface area contributed by atoms with Crippen molar-refractivity contribution in [3.05, 3.63) is 100 Å². The topological polar surface area (TPSA) is 87.4 Å². The molecule has 0 spiro atoms. The molecule has 188 valence electrons. The van der Waals surface area contributed by atoms with Gasteiger partial charge in [-0.1, -0.05) is 35.9 Å². The number of methoxy groups -OCH3 is 2. The average molecular weight is 497 g/mol. The number of ether oxygens (including phenoxy) is 2. The molecule has 8 heteroatoms. The van der Waals surface area contributed by atoms with Crippen LogP contribution in [0, 0.1) is 6.92 Å². The number of aryl methyl sites for hydroxylation is 1. The first kappa shape index (κ1) is 24.1. The van der Waals surface area contributed by atoms with Gasteiger partial charge in [0.25, 0.3) is 5.56 Å². The van der Waals surface area contributed by atoms with Gasteiger partial charge in [-0.25, -0.2) is 4.98 Å². The lowest BCUT2D eigenvalue weighted by Crippen LogP contribution is -2.29. The third kappa shape index (κ3) is 4.91. The van der Waals surface area contributed by atoms with Gasteiger partial charge in [0.2, 0.25) is 5.91 Å². The van der Waals surface area contributed by atoms with Crippen LogP contribution in [-0.4, -0.2) is 34.2 Å². The van der Waals surface area contributed by atoms with Gasteiger partial charge in [0, 0.05) is 11.9 Å². The smallest absolute Gasteiger partial charge is 0.278 e. The van der Waals surface area contributed by atoms with Crippen LogP contribution in [0.5, 0.6) is 11.5 Å². The highest BCUT2D eigenvalue weighted by Crippen LogP contribution is 2.26. The van der Waals surface area contributed by atoms with E-state index in [1.165, 1.54) is 0 Å². The summed E-state index contributed by atoms with van der Waals surface area (Å²) in [5.74, 6) is 1.31. The van der Waals surface area contributed by atoms with Crippen LogP contribution in [0.1, 0.15) is 16.7 Å². The third-order valence-corrected chi connectivity index (χ3v) is 6.44. The van der Waals surface area contributed by atoms with Crippen molar-refractivity contribution in [2.24, 2.45) is 0 Å². The Labute approximate surface area is 214 Å². The lowest BCUT2D eigenvalue weighted by atomic mass is 10.1. The Kier molecular flexibility index (Phi) is 6.64. The molecule has 0 radical (unpaired) electrons. The van der Waals surface area contributed by atoms with Gasteiger partial charge in [0.15, 0.2) is 0 Å². The van der Waals surface area contributed by atoms with Crippen molar-refractivity contribution in [1.29, 1.82) is 0 Å². The van der Waals surface area contributed by atoms with Gasteiger partial charge < -0.3 is 19.4 Å². The van der Waals surface area contributed by atoms with Crippen LogP contribution in [0.25, 0.3) is 21.9 Å². The minimum atomic E-state index is -0.197. The zero-order valence-corrected chi connectivity index (χ0v) is 21.0. The Morgan fingerprint density at radius 2 is 1.57 bits per heavy atom. The van der Waals surface area contributed by atoms with Gasteiger partial charge in [-0.2, -0.15) is 0 Å². The number of rotatable bonds is 8. The highest BCUT2D eigenvalue weighted by atomic mass is 16.5. The molecule has 1 amide bonds. The summed E-state index contributed by atoms with van der Waals surface area (Å²) >= 11 is 0. The van der Waals surface area contributed by atoms with Gasteiger partial charge in [-0.15, -0.1) is 0 Å². The summed E-state index contributed by atoms with van der Waals surface area (Å²) in [6.45, 7) is 2.73. The molecule has 5 rings (SSSR count). The average Bonchev–Trinajstić information content (AvgIpc) is 3.22. The quantitative estimate of drug-likeness (QED) is 0.350. The Hall–Kier alpha value is -4.59. The maximum Gasteiger partial charge on any atom is 0.278 e. The van der Waals surface area contributed by atoms with E-state index in [0.717, 1.165) is 39.1 Å². The molecule has 2 aromatic heterocycles. The van der Waals surface area contributed by atoms with Crippen LogP contribution in [0.4, 0.5) is 0 Å². The standard InChI is InChI=1S/C29H28N4O4/c1-19-4-13-25-24(14-19)27-28(29(35)32(18-31-27)16-21-7-11-23(37-3)12-8-21)33(25)17-26(34)30-15-20-5-9-22(36-2)10-6-20/h4-14,18H,15-17H2,1-3H3,(H,30,34). The second kappa shape index (κ2) is 10.2. The fraction of sp³-hybridized carbons (Fsp3) is 0.207. The first-order chi connectivity index (χ1) is 18.0. The number of hydrogen-bond acceptors (Lipinski definition) is 5. The highest BCUT2D eigenvalue weighted by Gasteiger charge is 2.19. The predicted octanol–water partition coefficient (Wildman–Crippen LogP) is 4.04. The molecule has 37 heavy (non-hydrogen) atoms. The van der Waals surface area contributed by atoms with E-state index in [2.05, 4.69) is 10.3 Å². The van der Waals surface area contributed by atoms with Crippen LogP contribution in [-0.2, 0) is 24.4 Å². The lowest BCUT2D eigenvalue weighted by Gasteiger charge is -2.10. The molecule has 3 aromatic carbocycles. The normalized spacial score (nSPS) is 11.1. The predicted molar refractivity (Wildman–Crippen MR) is 143 cm³/mol. The van der Waals surface area contributed by atoms with Crippen molar-refractivity contribution < 1.29 is 14.3 Å². The molecule has 0 fully saturated rings. The van der Waals surface area contributed by atoms with Gasteiger partial charge in [-0.3, -0.25) is 14.2 Å². The molecular weight excluding hydrogens is 468 g/mol. The minimum Gasteiger partial charge on any atom is -0.497 e. The van der Waals surface area contributed by atoms with E-state index in [9.17, 15) is 9.59 Å². The van der Waals surface area contributed by atoms with Crippen LogP contribution in [0.2, 0.25) is 0 Å². The Balaban J connectivity index is 1.48. The fourth-order valence-corrected chi connectivity index (χ4v) is 4.46. The number of carbonyl (C=O) groups is 1. The molecule has 8 nitrogen and oxygen atoms in total. The zero-order chi connectivity index (χ0) is 25.9. The first-order valence-electron chi connectivity index (χ1n) is 12.0. The van der Waals surface area contributed by atoms with Gasteiger partial charge >= 0.3 is 0 Å². The summed E-state index contributed by atoms with van der Waals surface area (Å²) < 4.78 is 13.8. The van der Waals surface area contributed by atoms with Gasteiger partial charge in [0.1, 0.15) is 29.1 Å². The Morgan fingerprint density at radius 3 is 2.22 bits per heavy atom. The SMILES string of the molecule is COc1ccc(CNC(=O)Cn2c3ccc(C)cc3c3ncn(Cc4ccc(OC)cc4)c(=O)c32)cc1. The van der Waals surface area contributed by atoms with Crippen LogP contribution in [0.15, 0.2) is 77.9 Å². The highest BCUT2D eigenvalue weighted by molar-refractivity contribution is 6.06. The molecule has 0 aliphatic rings. The number of nitrogens with zero attached hydrogens (tertiary/aromatic N) is 3. The summed E-state index contributed by atoms with van der Waals surface area (Å²) in [5, 5.41) is 3.81. The van der Waals surface area contributed by atoms with E-state index in [1.807, 2.05) is 73.7 Å². The summed E-state index contributed by atoms with van der Waals surface area (Å²) in [6.07, 6.45) is 1.57. The van der Waals surface area contributed by atoms with E-state index >= 15 is 0 Å². The number of fused-ring (bicyclic) bond motifs is 3. The summed E-state index contributed by atoms with van der Waals surface area (Å²) in [5.41, 5.74) is 4.56. The van der Waals surface area contributed by atoms with E-state index in [4.69, 9.17) is 9.47 Å². The largest absolute Gasteiger partial charge is 0.497 e. The summed E-state index contributed by atoms with van der Waals surface area (Å²) in [6, 6.07) is 21.0. The third-order valence-electron chi connectivity index (χ3n) is 6.44. The molecule has 2 heterocycles. The van der Waals surface area contributed by atoms with Crippen molar-refractivity contribution in [3.63, 3.8) is 0 Å². The van der Waals surface area contributed by atoms with E-state index in [-0.39, 0.29) is 18.0 Å². The van der Waals surface area contributed by atoms with Crippen LogP contribution >= 0.6 is 0 Å². The van der Waals surface area contributed by atoms with Crippen molar-refractivity contribution in [2.75, 3.05) is 14.2 Å². The maximum absolute atomic E-state index is 13.7. The molecule has 0 aliphatic heterocycles. The maximum atomic E-state index is 13.7. The molecule has 0 aliphatic carbocycles. The molecule has 1 N–H and O–H groups in total.